The lowest BCUT2D eigenvalue weighted by molar-refractivity contribution is 1.13. The summed E-state index contributed by atoms with van der Waals surface area (Å²) in [6, 6.07) is 123. The Hall–Kier alpha value is -10.9. The SMILES string of the molecule is c1ccc(-c2cc(-c3ccccc3)cc(-n3c(-c4ccc(N(c5ccccc5)c5ccccc5)cc4)cc4c3cc(-c3ccc(N(c5ccccc5)c5ccccc5)cc3)n4-c3cc(-c4ccccc4)cc(-c4ccccc4)c3)c2)cc1. The summed E-state index contributed by atoms with van der Waals surface area (Å²) in [5, 5.41) is 0. The van der Waals surface area contributed by atoms with Crippen molar-refractivity contribution in [2.75, 3.05) is 9.80 Å². The van der Waals surface area contributed by atoms with E-state index in [1.165, 1.54) is 0 Å². The second-order valence-electron chi connectivity index (χ2n) is 20.6. The van der Waals surface area contributed by atoms with Crippen LogP contribution in [-0.4, -0.2) is 9.13 Å². The first-order chi connectivity index (χ1) is 40.7. The molecule has 4 nitrogen and oxygen atoms in total. The van der Waals surface area contributed by atoms with Crippen LogP contribution in [-0.2, 0) is 0 Å². The minimum absolute atomic E-state index is 1.06. The molecule has 0 saturated heterocycles. The molecule has 2 aromatic heterocycles. The summed E-state index contributed by atoms with van der Waals surface area (Å²) in [6.07, 6.45) is 0. The fraction of sp³-hybridized carbons (Fsp3) is 0. The molecule has 0 amide bonds. The zero-order valence-corrected chi connectivity index (χ0v) is 45.1. The molecule has 14 aromatic rings. The highest BCUT2D eigenvalue weighted by Gasteiger charge is 2.24. The Balaban J connectivity index is 1.04. The predicted molar refractivity (Wildman–Crippen MR) is 345 cm³/mol. The highest BCUT2D eigenvalue weighted by atomic mass is 15.1. The minimum atomic E-state index is 1.06. The van der Waals surface area contributed by atoms with Gasteiger partial charge in [0.15, 0.2) is 0 Å². The molecule has 0 spiro atoms. The molecule has 2 heterocycles. The molecule has 14 rings (SSSR count). The molecule has 4 heteroatoms. The van der Waals surface area contributed by atoms with Crippen LogP contribution in [0.2, 0.25) is 0 Å². The van der Waals surface area contributed by atoms with E-state index in [-0.39, 0.29) is 0 Å². The molecule has 82 heavy (non-hydrogen) atoms. The summed E-state index contributed by atoms with van der Waals surface area (Å²) < 4.78 is 4.99. The number of para-hydroxylation sites is 4. The van der Waals surface area contributed by atoms with Crippen molar-refractivity contribution in [1.29, 1.82) is 0 Å². The highest BCUT2D eigenvalue weighted by Crippen LogP contribution is 2.44. The van der Waals surface area contributed by atoms with E-state index in [1.807, 2.05) is 0 Å². The van der Waals surface area contributed by atoms with E-state index >= 15 is 0 Å². The van der Waals surface area contributed by atoms with Gasteiger partial charge in [-0.1, -0.05) is 218 Å². The van der Waals surface area contributed by atoms with Crippen molar-refractivity contribution in [3.05, 3.63) is 340 Å². The summed E-state index contributed by atoms with van der Waals surface area (Å²) in [5.41, 5.74) is 24.3. The van der Waals surface area contributed by atoms with Gasteiger partial charge in [-0.15, -0.1) is 0 Å². The fourth-order valence-corrected chi connectivity index (χ4v) is 11.6. The van der Waals surface area contributed by atoms with Crippen LogP contribution in [0.4, 0.5) is 34.1 Å². The molecule has 0 radical (unpaired) electrons. The van der Waals surface area contributed by atoms with Crippen LogP contribution in [0.3, 0.4) is 0 Å². The molecule has 0 unspecified atom stereocenters. The van der Waals surface area contributed by atoms with Crippen LogP contribution in [0.15, 0.2) is 340 Å². The van der Waals surface area contributed by atoms with Crippen molar-refractivity contribution in [3.8, 4) is 78.4 Å². The lowest BCUT2D eigenvalue weighted by Crippen LogP contribution is -2.09. The van der Waals surface area contributed by atoms with Gasteiger partial charge in [0.05, 0.1) is 22.4 Å². The van der Waals surface area contributed by atoms with Crippen molar-refractivity contribution in [1.82, 2.24) is 9.13 Å². The van der Waals surface area contributed by atoms with Crippen molar-refractivity contribution >= 4 is 45.2 Å². The quantitative estimate of drug-likeness (QED) is 0.108. The topological polar surface area (TPSA) is 16.3 Å². The zero-order valence-electron chi connectivity index (χ0n) is 45.1. The van der Waals surface area contributed by atoms with Crippen molar-refractivity contribution in [2.24, 2.45) is 0 Å². The molecule has 0 saturated carbocycles. The molecule has 12 aromatic carbocycles. The molecule has 0 aliphatic carbocycles. The van der Waals surface area contributed by atoms with Gasteiger partial charge in [-0.05, 0) is 177 Å². The summed E-state index contributed by atoms with van der Waals surface area (Å²) in [4.78, 5) is 4.65. The predicted octanol–water partition coefficient (Wildman–Crippen LogP) is 21.4. The molecule has 0 bridgehead atoms. The Morgan fingerprint density at radius 1 is 0.171 bits per heavy atom. The normalized spacial score (nSPS) is 11.2. The van der Waals surface area contributed by atoms with Crippen LogP contribution in [0, 0.1) is 0 Å². The van der Waals surface area contributed by atoms with E-state index in [9.17, 15) is 0 Å². The van der Waals surface area contributed by atoms with E-state index in [1.54, 1.807) is 0 Å². The molecule has 0 aliphatic heterocycles. The fourth-order valence-electron chi connectivity index (χ4n) is 11.6. The van der Waals surface area contributed by atoms with Gasteiger partial charge < -0.3 is 18.9 Å². The van der Waals surface area contributed by atoms with E-state index in [0.717, 1.165) is 124 Å². The standard InChI is InChI=1S/C78H56N4/c1-9-25-57(26-10-1)63-49-64(58-27-11-2-12-28-58)52-73(51-63)81-75(61-41-45-71(46-42-61)79(67-33-17-5-18-34-67)68-35-19-6-20-36-68)55-78-77(81)56-76(62-43-47-72(48-44-62)80(69-37-21-7-22-38-69)70-39-23-8-24-40-70)82(78)74-53-65(59-29-13-3-14-30-59)50-66(54-74)60-31-15-4-16-32-60/h1-56H. The number of hydrogen-bond acceptors (Lipinski definition) is 2. The van der Waals surface area contributed by atoms with Crippen molar-refractivity contribution < 1.29 is 0 Å². The van der Waals surface area contributed by atoms with Gasteiger partial charge in [-0.2, -0.15) is 0 Å². The second kappa shape index (κ2) is 22.1. The summed E-state index contributed by atoms with van der Waals surface area (Å²) in [5.74, 6) is 0. The molecule has 0 N–H and O–H groups in total. The van der Waals surface area contributed by atoms with Gasteiger partial charge in [-0.25, -0.2) is 0 Å². The lowest BCUT2D eigenvalue weighted by atomic mass is 9.97. The van der Waals surface area contributed by atoms with Crippen LogP contribution in [0.25, 0.3) is 89.4 Å². The highest BCUT2D eigenvalue weighted by molar-refractivity contribution is 5.96. The third-order valence-corrected chi connectivity index (χ3v) is 15.5. The number of hydrogen-bond donors (Lipinski definition) is 0. The van der Waals surface area contributed by atoms with Crippen molar-refractivity contribution in [2.45, 2.75) is 0 Å². The summed E-state index contributed by atoms with van der Waals surface area (Å²) in [6.45, 7) is 0. The molecular weight excluding hydrogens is 993 g/mol. The zero-order chi connectivity index (χ0) is 54.6. The van der Waals surface area contributed by atoms with Crippen LogP contribution in [0.5, 0.6) is 0 Å². The molecule has 0 fully saturated rings. The molecular formula is C78H56N4. The number of aromatic nitrogens is 2. The van der Waals surface area contributed by atoms with Gasteiger partial charge >= 0.3 is 0 Å². The maximum atomic E-state index is 2.50. The number of anilines is 6. The number of fused-ring (bicyclic) bond motifs is 1. The average molecular weight is 1050 g/mol. The third kappa shape index (κ3) is 9.76. The van der Waals surface area contributed by atoms with Crippen LogP contribution < -0.4 is 9.80 Å². The first-order valence-corrected chi connectivity index (χ1v) is 28.0. The Morgan fingerprint density at radius 2 is 0.390 bits per heavy atom. The Bertz CT molecular complexity index is 3940. The molecule has 388 valence electrons. The lowest BCUT2D eigenvalue weighted by Gasteiger charge is -2.25. The summed E-state index contributed by atoms with van der Waals surface area (Å²) in [7, 11) is 0. The second-order valence-corrected chi connectivity index (χ2v) is 20.6. The molecule has 0 atom stereocenters. The molecule has 0 aliphatic rings. The maximum absolute atomic E-state index is 2.50. The van der Waals surface area contributed by atoms with Crippen LogP contribution in [0.1, 0.15) is 0 Å². The maximum Gasteiger partial charge on any atom is 0.0724 e. The van der Waals surface area contributed by atoms with Crippen LogP contribution >= 0.6 is 0 Å². The Kier molecular flexibility index (Phi) is 13.3. The van der Waals surface area contributed by atoms with Gasteiger partial charge in [0.25, 0.3) is 0 Å². The van der Waals surface area contributed by atoms with E-state index < -0.39 is 0 Å². The Labute approximate surface area is 479 Å². The number of nitrogens with zero attached hydrogens (tertiary/aromatic N) is 4. The first-order valence-electron chi connectivity index (χ1n) is 28.0. The van der Waals surface area contributed by atoms with Gasteiger partial charge in [-0.3, -0.25) is 0 Å². The Morgan fingerprint density at radius 3 is 0.634 bits per heavy atom. The van der Waals surface area contributed by atoms with E-state index in [0.29, 0.717) is 0 Å². The largest absolute Gasteiger partial charge is 0.311 e. The monoisotopic (exact) mass is 1050 g/mol. The van der Waals surface area contributed by atoms with Gasteiger partial charge in [0.1, 0.15) is 0 Å². The third-order valence-electron chi connectivity index (χ3n) is 15.5. The number of rotatable bonds is 14. The number of benzene rings is 12. The van der Waals surface area contributed by atoms with Gasteiger partial charge in [0.2, 0.25) is 0 Å². The minimum Gasteiger partial charge on any atom is -0.311 e. The van der Waals surface area contributed by atoms with E-state index in [4.69, 9.17) is 0 Å². The summed E-state index contributed by atoms with van der Waals surface area (Å²) >= 11 is 0. The average Bonchev–Trinajstić information content (AvgIpc) is 4.33. The van der Waals surface area contributed by atoms with Gasteiger partial charge in [0, 0.05) is 45.5 Å². The smallest absolute Gasteiger partial charge is 0.0724 e. The van der Waals surface area contributed by atoms with E-state index in [2.05, 4.69) is 359 Å². The van der Waals surface area contributed by atoms with Crippen molar-refractivity contribution in [3.63, 3.8) is 0 Å². The first kappa shape index (κ1) is 49.4.